The Bertz CT molecular complexity index is 595. The van der Waals surface area contributed by atoms with Crippen molar-refractivity contribution < 1.29 is 14.6 Å². The molecule has 0 aliphatic carbocycles. The molecule has 1 heterocycles. The summed E-state index contributed by atoms with van der Waals surface area (Å²) in [6.45, 7) is 3.79. The SMILES string of the molecule is CC1(C)O[C@@H](c2ccccc2)C[C@H]([C@@H](O)c2ccccc2)O1. The first kappa shape index (κ1) is 15.2. The van der Waals surface area contributed by atoms with E-state index >= 15 is 0 Å². The molecule has 2 aromatic rings. The van der Waals surface area contributed by atoms with Gasteiger partial charge in [0.05, 0.1) is 12.2 Å². The average Bonchev–Trinajstić information content (AvgIpc) is 2.54. The second-order valence-corrected chi connectivity index (χ2v) is 6.16. The van der Waals surface area contributed by atoms with E-state index in [9.17, 15) is 5.11 Å². The van der Waals surface area contributed by atoms with E-state index in [1.54, 1.807) is 0 Å². The van der Waals surface area contributed by atoms with Gasteiger partial charge in [-0.1, -0.05) is 60.7 Å². The number of hydrogen-bond acceptors (Lipinski definition) is 3. The molecule has 1 saturated heterocycles. The highest BCUT2D eigenvalue weighted by atomic mass is 16.7. The summed E-state index contributed by atoms with van der Waals surface area (Å²) >= 11 is 0. The van der Waals surface area contributed by atoms with Crippen LogP contribution in [0.1, 0.15) is 43.6 Å². The smallest absolute Gasteiger partial charge is 0.164 e. The minimum Gasteiger partial charge on any atom is -0.386 e. The monoisotopic (exact) mass is 298 g/mol. The van der Waals surface area contributed by atoms with Crippen molar-refractivity contribution in [2.45, 2.75) is 44.4 Å². The van der Waals surface area contributed by atoms with Crippen LogP contribution in [0.25, 0.3) is 0 Å². The van der Waals surface area contributed by atoms with Crippen LogP contribution >= 0.6 is 0 Å². The second-order valence-electron chi connectivity index (χ2n) is 6.16. The van der Waals surface area contributed by atoms with Crippen molar-refractivity contribution >= 4 is 0 Å². The minimum absolute atomic E-state index is 0.0756. The van der Waals surface area contributed by atoms with Crippen LogP contribution in [0.5, 0.6) is 0 Å². The first-order valence-electron chi connectivity index (χ1n) is 7.69. The van der Waals surface area contributed by atoms with Crippen LogP contribution < -0.4 is 0 Å². The van der Waals surface area contributed by atoms with Crippen LogP contribution in [-0.4, -0.2) is 17.0 Å². The molecule has 0 amide bonds. The highest BCUT2D eigenvalue weighted by molar-refractivity contribution is 5.21. The summed E-state index contributed by atoms with van der Waals surface area (Å²) in [6, 6.07) is 19.8. The van der Waals surface area contributed by atoms with Crippen LogP contribution in [-0.2, 0) is 9.47 Å². The fourth-order valence-electron chi connectivity index (χ4n) is 2.97. The third-order valence-electron chi connectivity index (χ3n) is 3.97. The van der Waals surface area contributed by atoms with Crippen LogP contribution in [0, 0.1) is 0 Å². The Balaban J connectivity index is 1.83. The number of rotatable bonds is 3. The zero-order chi connectivity index (χ0) is 15.6. The van der Waals surface area contributed by atoms with Crippen molar-refractivity contribution in [2.24, 2.45) is 0 Å². The lowest BCUT2D eigenvalue weighted by molar-refractivity contribution is -0.316. The van der Waals surface area contributed by atoms with Gasteiger partial charge in [-0.25, -0.2) is 0 Å². The van der Waals surface area contributed by atoms with Gasteiger partial charge in [-0.2, -0.15) is 0 Å². The Hall–Kier alpha value is -1.68. The lowest BCUT2D eigenvalue weighted by atomic mass is 9.94. The molecule has 1 aliphatic rings. The Morgan fingerprint density at radius 3 is 2.18 bits per heavy atom. The molecule has 1 aliphatic heterocycles. The summed E-state index contributed by atoms with van der Waals surface area (Å²) in [7, 11) is 0. The summed E-state index contributed by atoms with van der Waals surface area (Å²) < 4.78 is 12.0. The van der Waals surface area contributed by atoms with Gasteiger partial charge in [0.2, 0.25) is 0 Å². The van der Waals surface area contributed by atoms with Crippen molar-refractivity contribution in [1.82, 2.24) is 0 Å². The lowest BCUT2D eigenvalue weighted by Crippen LogP contribution is -2.43. The summed E-state index contributed by atoms with van der Waals surface area (Å²) in [5.74, 6) is -0.723. The Labute approximate surface area is 131 Å². The third-order valence-corrected chi connectivity index (χ3v) is 3.97. The van der Waals surface area contributed by atoms with Crippen LogP contribution in [0.15, 0.2) is 60.7 Å². The molecule has 116 valence electrons. The molecule has 3 atom stereocenters. The second kappa shape index (κ2) is 6.21. The first-order chi connectivity index (χ1) is 10.6. The van der Waals surface area contributed by atoms with E-state index < -0.39 is 11.9 Å². The van der Waals surface area contributed by atoms with Crippen molar-refractivity contribution in [3.8, 4) is 0 Å². The minimum atomic E-state index is -0.723. The third kappa shape index (κ3) is 3.38. The quantitative estimate of drug-likeness (QED) is 0.930. The van der Waals surface area contributed by atoms with Gasteiger partial charge in [0, 0.05) is 6.42 Å². The van der Waals surface area contributed by atoms with E-state index in [1.807, 2.05) is 62.4 Å². The van der Waals surface area contributed by atoms with Crippen molar-refractivity contribution in [3.05, 3.63) is 71.8 Å². The topological polar surface area (TPSA) is 38.7 Å². The maximum Gasteiger partial charge on any atom is 0.164 e. The van der Waals surface area contributed by atoms with Gasteiger partial charge >= 0.3 is 0 Å². The molecule has 3 rings (SSSR count). The van der Waals surface area contributed by atoms with Gasteiger partial charge < -0.3 is 14.6 Å². The molecular weight excluding hydrogens is 276 g/mol. The molecule has 0 aromatic heterocycles. The summed E-state index contributed by atoms with van der Waals surface area (Å²) in [5, 5.41) is 10.7. The van der Waals surface area contributed by atoms with Gasteiger partial charge in [0.15, 0.2) is 5.79 Å². The van der Waals surface area contributed by atoms with E-state index in [2.05, 4.69) is 12.1 Å². The highest BCUT2D eigenvalue weighted by Crippen LogP contribution is 2.39. The van der Waals surface area contributed by atoms with E-state index in [4.69, 9.17) is 9.47 Å². The zero-order valence-electron chi connectivity index (χ0n) is 13.0. The number of aliphatic hydroxyl groups excluding tert-OH is 1. The predicted octanol–water partition coefficient (Wildman–Crippen LogP) is 4.00. The first-order valence-corrected chi connectivity index (χ1v) is 7.69. The lowest BCUT2D eigenvalue weighted by Gasteiger charge is -2.42. The van der Waals surface area contributed by atoms with Crippen molar-refractivity contribution in [2.75, 3.05) is 0 Å². The van der Waals surface area contributed by atoms with Gasteiger partial charge in [-0.05, 0) is 25.0 Å². The van der Waals surface area contributed by atoms with Crippen LogP contribution in [0.4, 0.5) is 0 Å². The molecule has 3 nitrogen and oxygen atoms in total. The molecule has 22 heavy (non-hydrogen) atoms. The molecule has 3 heteroatoms. The molecule has 1 N–H and O–H groups in total. The fraction of sp³-hybridized carbons (Fsp3) is 0.368. The molecule has 0 saturated carbocycles. The summed E-state index contributed by atoms with van der Waals surface area (Å²) in [6.07, 6.45) is -0.399. The molecule has 0 spiro atoms. The fourth-order valence-corrected chi connectivity index (χ4v) is 2.97. The molecule has 0 bridgehead atoms. The van der Waals surface area contributed by atoms with Crippen LogP contribution in [0.3, 0.4) is 0 Å². The summed E-state index contributed by atoms with van der Waals surface area (Å²) in [5.41, 5.74) is 1.99. The number of hydrogen-bond donors (Lipinski definition) is 1. The number of ether oxygens (including phenoxy) is 2. The largest absolute Gasteiger partial charge is 0.386 e. The molecule has 1 fully saturated rings. The number of benzene rings is 2. The highest BCUT2D eigenvalue weighted by Gasteiger charge is 2.39. The van der Waals surface area contributed by atoms with Gasteiger partial charge in [0.25, 0.3) is 0 Å². The Morgan fingerprint density at radius 2 is 1.55 bits per heavy atom. The molecule has 0 radical (unpaired) electrons. The van der Waals surface area contributed by atoms with Gasteiger partial charge in [0.1, 0.15) is 6.10 Å². The van der Waals surface area contributed by atoms with Crippen LogP contribution in [0.2, 0.25) is 0 Å². The van der Waals surface area contributed by atoms with E-state index in [0.29, 0.717) is 6.42 Å². The Morgan fingerprint density at radius 1 is 0.955 bits per heavy atom. The average molecular weight is 298 g/mol. The summed E-state index contributed by atoms with van der Waals surface area (Å²) in [4.78, 5) is 0. The van der Waals surface area contributed by atoms with Gasteiger partial charge in [-0.15, -0.1) is 0 Å². The van der Waals surface area contributed by atoms with Crippen molar-refractivity contribution in [3.63, 3.8) is 0 Å². The van der Waals surface area contributed by atoms with Crippen molar-refractivity contribution in [1.29, 1.82) is 0 Å². The zero-order valence-corrected chi connectivity index (χ0v) is 13.0. The predicted molar refractivity (Wildman–Crippen MR) is 85.2 cm³/mol. The molecular formula is C19H22O3. The molecule has 0 unspecified atom stereocenters. The van der Waals surface area contributed by atoms with Gasteiger partial charge in [-0.3, -0.25) is 0 Å². The molecule has 2 aromatic carbocycles. The maximum atomic E-state index is 10.7. The van der Waals surface area contributed by atoms with E-state index in [1.165, 1.54) is 0 Å². The van der Waals surface area contributed by atoms with E-state index in [0.717, 1.165) is 11.1 Å². The number of aliphatic hydroxyl groups is 1. The standard InChI is InChI=1S/C19H22O3/c1-19(2)21-16(14-9-5-3-6-10-14)13-17(22-19)18(20)15-11-7-4-8-12-15/h3-12,16-18,20H,13H2,1-2H3/t16-,17-,18+/m1/s1. The van der Waals surface area contributed by atoms with E-state index in [-0.39, 0.29) is 12.2 Å². The maximum absolute atomic E-state index is 10.7. The Kier molecular flexibility index (Phi) is 4.30. The normalized spacial score (nSPS) is 25.6.